The van der Waals surface area contributed by atoms with Crippen LogP contribution in [0.5, 0.6) is 6.01 Å². The summed E-state index contributed by atoms with van der Waals surface area (Å²) < 4.78 is 6.98. The molecule has 96 valence electrons. The van der Waals surface area contributed by atoms with Crippen LogP contribution in [0, 0.1) is 5.92 Å². The van der Waals surface area contributed by atoms with E-state index in [-0.39, 0.29) is 23.3 Å². The molecule has 0 aliphatic heterocycles. The lowest BCUT2D eigenvalue weighted by atomic mass is 10.1. The van der Waals surface area contributed by atoms with E-state index in [1.807, 2.05) is 20.8 Å². The molecule has 0 fully saturated rings. The van der Waals surface area contributed by atoms with Crippen molar-refractivity contribution in [3.05, 3.63) is 17.9 Å². The summed E-state index contributed by atoms with van der Waals surface area (Å²) in [7, 11) is 0. The predicted molar refractivity (Wildman–Crippen MR) is 64.7 cm³/mol. The highest BCUT2D eigenvalue weighted by Gasteiger charge is 2.13. The van der Waals surface area contributed by atoms with Crippen LogP contribution in [0.2, 0.25) is 5.28 Å². The lowest BCUT2D eigenvalue weighted by Gasteiger charge is -2.16. The van der Waals surface area contributed by atoms with E-state index in [4.69, 9.17) is 16.3 Å². The molecule has 7 nitrogen and oxygen atoms in total. The molecular weight excluding hydrogens is 256 g/mol. The molecule has 0 aliphatic carbocycles. The molecule has 8 heteroatoms. The van der Waals surface area contributed by atoms with Crippen LogP contribution in [-0.2, 0) is 0 Å². The van der Waals surface area contributed by atoms with Gasteiger partial charge in [0.25, 0.3) is 5.95 Å². The van der Waals surface area contributed by atoms with Gasteiger partial charge in [-0.25, -0.2) is 4.98 Å². The molecule has 0 aromatic carbocycles. The number of aromatic nitrogens is 6. The molecule has 0 aliphatic rings. The summed E-state index contributed by atoms with van der Waals surface area (Å²) in [5, 5.41) is 3.98. The first-order valence-corrected chi connectivity index (χ1v) is 5.87. The van der Waals surface area contributed by atoms with Crippen molar-refractivity contribution in [2.24, 2.45) is 5.92 Å². The Labute approximate surface area is 109 Å². The van der Waals surface area contributed by atoms with Crippen molar-refractivity contribution >= 4 is 11.6 Å². The Balaban J connectivity index is 2.27. The normalized spacial score (nSPS) is 12.7. The highest BCUT2D eigenvalue weighted by molar-refractivity contribution is 6.28. The maximum atomic E-state index is 5.83. The zero-order valence-electron chi connectivity index (χ0n) is 10.3. The van der Waals surface area contributed by atoms with Crippen LogP contribution in [-0.4, -0.2) is 35.8 Å². The summed E-state index contributed by atoms with van der Waals surface area (Å²) in [6.07, 6.45) is 2.84. The van der Waals surface area contributed by atoms with E-state index in [2.05, 4.69) is 25.0 Å². The fourth-order valence-corrected chi connectivity index (χ4v) is 1.24. The zero-order valence-corrected chi connectivity index (χ0v) is 11.0. The second kappa shape index (κ2) is 5.26. The van der Waals surface area contributed by atoms with Crippen molar-refractivity contribution in [3.8, 4) is 12.0 Å². The molecule has 0 saturated heterocycles. The van der Waals surface area contributed by atoms with Gasteiger partial charge < -0.3 is 4.74 Å². The summed E-state index contributed by atoms with van der Waals surface area (Å²) in [5.41, 5.74) is 0. The molecule has 0 spiro atoms. The van der Waals surface area contributed by atoms with Gasteiger partial charge in [-0.15, -0.1) is 0 Å². The van der Waals surface area contributed by atoms with Gasteiger partial charge in [-0.1, -0.05) is 13.8 Å². The summed E-state index contributed by atoms with van der Waals surface area (Å²) in [4.78, 5) is 15.8. The smallest absolute Gasteiger partial charge is 0.322 e. The van der Waals surface area contributed by atoms with Crippen LogP contribution in [0.15, 0.2) is 12.7 Å². The van der Waals surface area contributed by atoms with Crippen LogP contribution >= 0.6 is 11.6 Å². The molecule has 0 N–H and O–H groups in total. The number of ether oxygens (including phenoxy) is 1. The van der Waals surface area contributed by atoms with Crippen molar-refractivity contribution in [3.63, 3.8) is 0 Å². The second-order valence-electron chi connectivity index (χ2n) is 4.09. The van der Waals surface area contributed by atoms with Crippen molar-refractivity contribution < 1.29 is 4.74 Å². The SMILES string of the molecule is CC(C)C(C)Oc1nc(Cl)nc(-n2cncn2)n1. The molecule has 2 heterocycles. The maximum absolute atomic E-state index is 5.83. The van der Waals surface area contributed by atoms with Crippen molar-refractivity contribution in [1.29, 1.82) is 0 Å². The average molecular weight is 269 g/mol. The molecule has 2 aromatic heterocycles. The standard InChI is InChI=1S/C10H13ClN6O/c1-6(2)7(3)18-10-15-8(11)14-9(16-10)17-5-12-4-13-17/h4-7H,1-3H3. The van der Waals surface area contributed by atoms with Crippen LogP contribution < -0.4 is 4.74 Å². The monoisotopic (exact) mass is 268 g/mol. The van der Waals surface area contributed by atoms with E-state index in [0.717, 1.165) is 0 Å². The average Bonchev–Trinajstić information content (AvgIpc) is 2.81. The Morgan fingerprint density at radius 3 is 2.61 bits per heavy atom. The lowest BCUT2D eigenvalue weighted by Crippen LogP contribution is -2.20. The Kier molecular flexibility index (Phi) is 3.71. The molecule has 1 atom stereocenters. The zero-order chi connectivity index (χ0) is 13.1. The van der Waals surface area contributed by atoms with Gasteiger partial charge >= 0.3 is 6.01 Å². The number of hydrogen-bond acceptors (Lipinski definition) is 6. The predicted octanol–water partition coefficient (Wildman–Crippen LogP) is 1.53. The molecule has 2 aromatic rings. The minimum Gasteiger partial charge on any atom is -0.460 e. The first-order chi connectivity index (χ1) is 8.56. The second-order valence-corrected chi connectivity index (χ2v) is 4.43. The Bertz CT molecular complexity index is 515. The number of hydrogen-bond donors (Lipinski definition) is 0. The van der Waals surface area contributed by atoms with E-state index in [0.29, 0.717) is 5.92 Å². The van der Waals surface area contributed by atoms with Crippen LogP contribution in [0.1, 0.15) is 20.8 Å². The topological polar surface area (TPSA) is 78.6 Å². The van der Waals surface area contributed by atoms with Gasteiger partial charge in [-0.2, -0.15) is 24.7 Å². The molecule has 1 unspecified atom stereocenters. The highest BCUT2D eigenvalue weighted by Crippen LogP contribution is 2.14. The van der Waals surface area contributed by atoms with Crippen LogP contribution in [0.25, 0.3) is 5.95 Å². The summed E-state index contributed by atoms with van der Waals surface area (Å²) in [6.45, 7) is 6.04. The fourth-order valence-electron chi connectivity index (χ4n) is 1.09. The van der Waals surface area contributed by atoms with Crippen LogP contribution in [0.4, 0.5) is 0 Å². The molecule has 0 amide bonds. The largest absolute Gasteiger partial charge is 0.460 e. The third-order valence-corrected chi connectivity index (χ3v) is 2.60. The van der Waals surface area contributed by atoms with Crippen molar-refractivity contribution in [1.82, 2.24) is 29.7 Å². The van der Waals surface area contributed by atoms with Gasteiger partial charge in [0.2, 0.25) is 5.28 Å². The van der Waals surface area contributed by atoms with E-state index < -0.39 is 0 Å². The first kappa shape index (κ1) is 12.7. The van der Waals surface area contributed by atoms with Crippen LogP contribution in [0.3, 0.4) is 0 Å². The maximum Gasteiger partial charge on any atom is 0.322 e. The van der Waals surface area contributed by atoms with Gasteiger partial charge in [0.1, 0.15) is 18.8 Å². The number of nitrogens with zero attached hydrogens (tertiary/aromatic N) is 6. The molecule has 0 bridgehead atoms. The Morgan fingerprint density at radius 2 is 2.00 bits per heavy atom. The quantitative estimate of drug-likeness (QED) is 0.837. The first-order valence-electron chi connectivity index (χ1n) is 5.49. The van der Waals surface area contributed by atoms with E-state index in [9.17, 15) is 0 Å². The summed E-state index contributed by atoms with van der Waals surface area (Å²) >= 11 is 5.83. The van der Waals surface area contributed by atoms with Gasteiger partial charge in [0.05, 0.1) is 0 Å². The lowest BCUT2D eigenvalue weighted by molar-refractivity contribution is 0.155. The number of rotatable bonds is 4. The summed E-state index contributed by atoms with van der Waals surface area (Å²) in [5.74, 6) is 0.619. The van der Waals surface area contributed by atoms with E-state index in [1.54, 1.807) is 0 Å². The molecule has 18 heavy (non-hydrogen) atoms. The Morgan fingerprint density at radius 1 is 1.22 bits per heavy atom. The summed E-state index contributed by atoms with van der Waals surface area (Å²) in [6, 6.07) is 0.182. The van der Waals surface area contributed by atoms with Crippen molar-refractivity contribution in [2.45, 2.75) is 26.9 Å². The van der Waals surface area contributed by atoms with Gasteiger partial charge in [-0.3, -0.25) is 0 Å². The van der Waals surface area contributed by atoms with Crippen molar-refractivity contribution in [2.75, 3.05) is 0 Å². The van der Waals surface area contributed by atoms with Gasteiger partial charge in [0, 0.05) is 0 Å². The Hall–Kier alpha value is -1.76. The minimum absolute atomic E-state index is 0.0212. The highest BCUT2D eigenvalue weighted by atomic mass is 35.5. The van der Waals surface area contributed by atoms with E-state index in [1.165, 1.54) is 17.3 Å². The molecule has 2 rings (SSSR count). The third kappa shape index (κ3) is 2.92. The minimum atomic E-state index is -0.0212. The molecule has 0 radical (unpaired) electrons. The fraction of sp³-hybridized carbons (Fsp3) is 0.500. The van der Waals surface area contributed by atoms with Gasteiger partial charge in [-0.05, 0) is 24.4 Å². The molecular formula is C10H13ClN6O. The van der Waals surface area contributed by atoms with E-state index >= 15 is 0 Å². The number of halogens is 1. The van der Waals surface area contributed by atoms with Gasteiger partial charge in [0.15, 0.2) is 0 Å². The molecule has 0 saturated carbocycles. The third-order valence-electron chi connectivity index (χ3n) is 2.43.